The molecule has 2 heterocycles. The van der Waals surface area contributed by atoms with Crippen LogP contribution in [0.15, 0.2) is 17.2 Å². The summed E-state index contributed by atoms with van der Waals surface area (Å²) in [4.78, 5) is 5.22. The lowest BCUT2D eigenvalue weighted by Gasteiger charge is -2.37. The minimum absolute atomic E-state index is 0.0726. The van der Waals surface area contributed by atoms with Crippen molar-refractivity contribution in [2.45, 2.75) is 42.5 Å². The molecule has 8 nitrogen and oxygen atoms in total. The summed E-state index contributed by atoms with van der Waals surface area (Å²) in [5, 5.41) is 0. The summed E-state index contributed by atoms with van der Waals surface area (Å²) in [6, 6.07) is 0.471. The Bertz CT molecular complexity index is 1210. The van der Waals surface area contributed by atoms with E-state index < -0.39 is 82.9 Å². The predicted octanol–water partition coefficient (Wildman–Crippen LogP) is 3.40. The van der Waals surface area contributed by atoms with E-state index in [0.29, 0.717) is 6.07 Å². The first-order chi connectivity index (χ1) is 16.0. The number of aromatic nitrogens is 2. The molecule has 3 rings (SSSR count). The number of rotatable bonds is 7. The van der Waals surface area contributed by atoms with Crippen molar-refractivity contribution in [2.24, 2.45) is 0 Å². The number of halogens is 6. The Labute approximate surface area is 182 Å². The Morgan fingerprint density at radius 2 is 2.06 bits per heavy atom. The average Bonchev–Trinajstić information content (AvgIpc) is 3.11. The zero-order valence-corrected chi connectivity index (χ0v) is 16.8. The van der Waals surface area contributed by atoms with Gasteiger partial charge in [0.15, 0.2) is 11.4 Å². The second-order valence-corrected chi connectivity index (χ2v) is 8.35. The second-order valence-electron chi connectivity index (χ2n) is 6.70. The van der Waals surface area contributed by atoms with Gasteiger partial charge in [0.05, 0.1) is 11.2 Å². The average molecular weight is 492 g/mol. The lowest BCUT2D eigenvalue weighted by molar-refractivity contribution is -0.273. The predicted molar refractivity (Wildman–Crippen MR) is 96.8 cm³/mol. The molecule has 0 amide bonds. The van der Waals surface area contributed by atoms with Gasteiger partial charge in [-0.1, -0.05) is 0 Å². The number of alkyl halides is 5. The number of pyridine rings is 1. The summed E-state index contributed by atoms with van der Waals surface area (Å²) in [6.45, 7) is -3.42. The normalized spacial score (nSPS) is 20.8. The minimum atomic E-state index is -5.08. The first kappa shape index (κ1) is 20.0. The summed E-state index contributed by atoms with van der Waals surface area (Å²) >= 11 is 0. The summed E-state index contributed by atoms with van der Waals surface area (Å²) < 4.78 is 142. The highest BCUT2D eigenvalue weighted by molar-refractivity contribution is 7.92. The van der Waals surface area contributed by atoms with Gasteiger partial charge >= 0.3 is 12.8 Å². The molecule has 0 fully saturated rings. The van der Waals surface area contributed by atoms with Gasteiger partial charge < -0.3 is 19.2 Å². The first-order valence-corrected chi connectivity index (χ1v) is 10.1. The summed E-state index contributed by atoms with van der Waals surface area (Å²) in [7, 11) is -6.98. The molecule has 0 saturated carbocycles. The molecule has 32 heavy (non-hydrogen) atoms. The van der Waals surface area contributed by atoms with Crippen LogP contribution in [0.25, 0.3) is 0 Å². The molecule has 2 N–H and O–H groups in total. The zero-order chi connectivity index (χ0) is 26.4. The monoisotopic (exact) mass is 492 g/mol. The number of hydrogen-bond acceptors (Lipinski definition) is 6. The smallest absolute Gasteiger partial charge is 0.417 e. The van der Waals surface area contributed by atoms with Crippen LogP contribution in [0.4, 0.5) is 32.0 Å². The fraction of sp³-hybridized carbons (Fsp3) is 0.471. The number of methoxy groups -OCH3 is 2. The maximum Gasteiger partial charge on any atom is 0.417 e. The molecule has 1 atom stereocenters. The van der Waals surface area contributed by atoms with Gasteiger partial charge in [0.2, 0.25) is 5.88 Å². The Morgan fingerprint density at radius 3 is 2.66 bits per heavy atom. The maximum atomic E-state index is 14.1. The molecule has 178 valence electrons. The van der Waals surface area contributed by atoms with Crippen LogP contribution < -0.4 is 14.2 Å². The Balaban J connectivity index is 1.95. The standard InChI is InChI=1S/C17H17F6N3O5S/c1-29-14-10(5-9(18)13(25-14)31-15(19)20)26-32(27,28)12-7-24-11-6-16(30-2,17(21,22)23)4-3-8(11)12/h5,7,15,24,26H,3-4,6H2,1-2H3/t16-/m0/s1/i2D3. The number of hydrogen-bond donors (Lipinski definition) is 2. The molecule has 0 saturated heterocycles. The van der Waals surface area contributed by atoms with E-state index >= 15 is 0 Å². The lowest BCUT2D eigenvalue weighted by Crippen LogP contribution is -2.51. The third-order valence-corrected chi connectivity index (χ3v) is 6.26. The number of sulfonamides is 1. The molecule has 2 aromatic heterocycles. The van der Waals surface area contributed by atoms with Gasteiger partial charge in [-0.3, -0.25) is 4.72 Å². The fourth-order valence-electron chi connectivity index (χ4n) is 3.29. The van der Waals surface area contributed by atoms with E-state index in [9.17, 15) is 34.8 Å². The SMILES string of the molecule is [2H]C([2H])([2H])O[C@@]1(C(F)(F)F)CCc2c(S(=O)(=O)Nc3cc(F)c(OC(F)F)nc3OC)c[nH]c2C1. The van der Waals surface area contributed by atoms with Crippen molar-refractivity contribution in [3.63, 3.8) is 0 Å². The zero-order valence-electron chi connectivity index (χ0n) is 19.0. The molecule has 0 aliphatic heterocycles. The maximum absolute atomic E-state index is 14.1. The highest BCUT2D eigenvalue weighted by Crippen LogP contribution is 2.44. The highest BCUT2D eigenvalue weighted by atomic mass is 32.2. The van der Waals surface area contributed by atoms with Crippen LogP contribution in [0.2, 0.25) is 0 Å². The van der Waals surface area contributed by atoms with Gasteiger partial charge in [0.1, 0.15) is 10.6 Å². The van der Waals surface area contributed by atoms with Crippen molar-refractivity contribution in [3.8, 4) is 11.8 Å². The Morgan fingerprint density at radius 1 is 1.34 bits per heavy atom. The van der Waals surface area contributed by atoms with E-state index in [1.165, 1.54) is 0 Å². The van der Waals surface area contributed by atoms with E-state index in [2.05, 4.69) is 19.4 Å². The topological polar surface area (TPSA) is 103 Å². The largest absolute Gasteiger partial charge is 0.479 e. The molecular weight excluding hydrogens is 472 g/mol. The summed E-state index contributed by atoms with van der Waals surface area (Å²) in [5.41, 5.74) is -3.99. The number of nitrogens with zero attached hydrogens (tertiary/aromatic N) is 1. The fourth-order valence-corrected chi connectivity index (χ4v) is 4.60. The van der Waals surface area contributed by atoms with Gasteiger partial charge in [0.25, 0.3) is 15.9 Å². The number of nitrogens with one attached hydrogen (secondary N) is 2. The van der Waals surface area contributed by atoms with Gasteiger partial charge in [-0.2, -0.15) is 26.9 Å². The number of aromatic amines is 1. The molecule has 15 heteroatoms. The van der Waals surface area contributed by atoms with Crippen molar-refractivity contribution in [3.05, 3.63) is 29.3 Å². The minimum Gasteiger partial charge on any atom is -0.479 e. The van der Waals surface area contributed by atoms with Crippen LogP contribution in [-0.4, -0.2) is 50.9 Å². The molecule has 0 bridgehead atoms. The van der Waals surface area contributed by atoms with Gasteiger partial charge in [-0.15, -0.1) is 0 Å². The first-order valence-electron chi connectivity index (χ1n) is 10.2. The van der Waals surface area contributed by atoms with E-state index in [1.807, 2.05) is 4.72 Å². The van der Waals surface area contributed by atoms with Crippen LogP contribution in [0.1, 0.15) is 21.8 Å². The molecule has 1 aliphatic rings. The third-order valence-electron chi connectivity index (χ3n) is 4.83. The van der Waals surface area contributed by atoms with Crippen LogP contribution in [0.3, 0.4) is 0 Å². The quantitative estimate of drug-likeness (QED) is 0.575. The molecule has 2 aromatic rings. The molecule has 1 aliphatic carbocycles. The summed E-state index contributed by atoms with van der Waals surface area (Å²) in [5.74, 6) is -3.23. The molecule has 0 spiro atoms. The van der Waals surface area contributed by atoms with Crippen LogP contribution in [0, 0.1) is 5.82 Å². The molecule has 0 radical (unpaired) electrons. The van der Waals surface area contributed by atoms with E-state index in [0.717, 1.165) is 13.3 Å². The highest BCUT2D eigenvalue weighted by Gasteiger charge is 2.57. The lowest BCUT2D eigenvalue weighted by atomic mass is 9.83. The molecular formula is C17H17F6N3O5S. The van der Waals surface area contributed by atoms with E-state index in [-0.39, 0.29) is 11.3 Å². The van der Waals surface area contributed by atoms with Crippen molar-refractivity contribution >= 4 is 15.7 Å². The Hall–Kier alpha value is -2.68. The number of H-pyrrole nitrogens is 1. The van der Waals surface area contributed by atoms with Crippen molar-refractivity contribution < 1.29 is 53.1 Å². The number of anilines is 1. The van der Waals surface area contributed by atoms with E-state index in [1.54, 1.807) is 0 Å². The summed E-state index contributed by atoms with van der Waals surface area (Å²) in [6.07, 6.45) is -6.63. The van der Waals surface area contributed by atoms with Crippen molar-refractivity contribution in [2.75, 3.05) is 18.9 Å². The third kappa shape index (κ3) is 4.30. The molecule has 0 aromatic carbocycles. The van der Waals surface area contributed by atoms with Crippen LogP contribution in [-0.2, 0) is 27.6 Å². The van der Waals surface area contributed by atoms with Crippen molar-refractivity contribution in [1.82, 2.24) is 9.97 Å². The molecule has 0 unspecified atom stereocenters. The number of fused-ring (bicyclic) bond motifs is 1. The van der Waals surface area contributed by atoms with E-state index in [4.69, 9.17) is 8.85 Å². The van der Waals surface area contributed by atoms with Gasteiger partial charge in [-0.25, -0.2) is 12.8 Å². The van der Waals surface area contributed by atoms with Crippen LogP contribution >= 0.6 is 0 Å². The Kier molecular flexibility index (Phi) is 5.21. The van der Waals surface area contributed by atoms with Gasteiger partial charge in [-0.05, 0) is 18.4 Å². The second kappa shape index (κ2) is 8.35. The van der Waals surface area contributed by atoms with Crippen LogP contribution in [0.5, 0.6) is 11.8 Å². The van der Waals surface area contributed by atoms with Crippen molar-refractivity contribution in [1.29, 1.82) is 0 Å². The number of ether oxygens (including phenoxy) is 3. The van der Waals surface area contributed by atoms with Gasteiger partial charge in [0, 0.05) is 31.4 Å².